The highest BCUT2D eigenvalue weighted by Gasteiger charge is 2.31. The summed E-state index contributed by atoms with van der Waals surface area (Å²) in [7, 11) is -3.59. The average Bonchev–Trinajstić information content (AvgIpc) is 3.23. The summed E-state index contributed by atoms with van der Waals surface area (Å²) in [6.07, 6.45) is 3.29. The van der Waals surface area contributed by atoms with Crippen LogP contribution < -0.4 is 4.31 Å². The lowest BCUT2D eigenvalue weighted by molar-refractivity contribution is 0.433. The predicted molar refractivity (Wildman–Crippen MR) is 93.8 cm³/mol. The van der Waals surface area contributed by atoms with Crippen molar-refractivity contribution in [3.05, 3.63) is 53.0 Å². The predicted octanol–water partition coefficient (Wildman–Crippen LogP) is 3.85. The molecule has 3 heterocycles. The molecule has 1 aliphatic rings. The first-order valence-corrected chi connectivity index (χ1v) is 9.95. The standard InChI is InChI=1S/C17H16N2O3S2/c1-12-17(11-16(23-12)15-8-9-18-22-15)24(20,21)19-10-4-6-13-5-2-3-7-14(13)19/h2-3,5,7-9,11H,4,6,10H2,1H3. The smallest absolute Gasteiger partial charge is 0.265 e. The van der Waals surface area contributed by atoms with Crippen molar-refractivity contribution in [3.8, 4) is 10.6 Å². The van der Waals surface area contributed by atoms with Crippen molar-refractivity contribution in [2.24, 2.45) is 0 Å². The molecule has 0 atom stereocenters. The molecule has 0 bridgehead atoms. The molecule has 124 valence electrons. The molecular weight excluding hydrogens is 344 g/mol. The van der Waals surface area contributed by atoms with Crippen molar-refractivity contribution in [1.82, 2.24) is 5.16 Å². The van der Waals surface area contributed by atoms with Crippen LogP contribution in [0.3, 0.4) is 0 Å². The molecule has 0 saturated heterocycles. The van der Waals surface area contributed by atoms with Crippen molar-refractivity contribution in [1.29, 1.82) is 0 Å². The van der Waals surface area contributed by atoms with Crippen LogP contribution in [0.2, 0.25) is 0 Å². The van der Waals surface area contributed by atoms with Crippen molar-refractivity contribution in [2.75, 3.05) is 10.8 Å². The molecule has 1 aromatic carbocycles. The molecule has 4 rings (SSSR count). The van der Waals surface area contributed by atoms with Gasteiger partial charge >= 0.3 is 0 Å². The Bertz CT molecular complexity index is 975. The minimum atomic E-state index is -3.59. The number of aromatic nitrogens is 1. The summed E-state index contributed by atoms with van der Waals surface area (Å²) in [4.78, 5) is 1.87. The van der Waals surface area contributed by atoms with E-state index in [1.807, 2.05) is 31.2 Å². The van der Waals surface area contributed by atoms with E-state index in [4.69, 9.17) is 4.52 Å². The maximum atomic E-state index is 13.2. The number of benzene rings is 1. The van der Waals surface area contributed by atoms with Gasteiger partial charge in [-0.25, -0.2) is 8.42 Å². The average molecular weight is 360 g/mol. The maximum absolute atomic E-state index is 13.2. The molecule has 2 aromatic heterocycles. The van der Waals surface area contributed by atoms with Gasteiger partial charge in [0.2, 0.25) is 0 Å². The molecule has 0 unspecified atom stereocenters. The summed E-state index contributed by atoms with van der Waals surface area (Å²) in [6, 6.07) is 11.1. The molecule has 3 aromatic rings. The normalized spacial score (nSPS) is 14.6. The van der Waals surface area contributed by atoms with Gasteiger partial charge in [-0.05, 0) is 37.5 Å². The first-order valence-electron chi connectivity index (χ1n) is 7.69. The molecule has 0 aliphatic carbocycles. The van der Waals surface area contributed by atoms with Crippen LogP contribution in [0.5, 0.6) is 0 Å². The van der Waals surface area contributed by atoms with Gasteiger partial charge in [0.1, 0.15) is 4.90 Å². The van der Waals surface area contributed by atoms with E-state index in [1.54, 1.807) is 18.3 Å². The molecule has 5 nitrogen and oxygen atoms in total. The van der Waals surface area contributed by atoms with E-state index in [0.29, 0.717) is 17.2 Å². The van der Waals surface area contributed by atoms with E-state index >= 15 is 0 Å². The molecule has 0 saturated carbocycles. The van der Waals surface area contributed by atoms with Crippen LogP contribution in [0.1, 0.15) is 16.9 Å². The molecular formula is C17H16N2O3S2. The van der Waals surface area contributed by atoms with E-state index in [2.05, 4.69) is 5.16 Å². The van der Waals surface area contributed by atoms with Gasteiger partial charge in [-0.1, -0.05) is 23.4 Å². The van der Waals surface area contributed by atoms with Crippen LogP contribution >= 0.6 is 11.3 Å². The Balaban J connectivity index is 1.80. The van der Waals surface area contributed by atoms with Crippen LogP contribution in [-0.2, 0) is 16.4 Å². The van der Waals surface area contributed by atoms with Crippen LogP contribution in [0, 0.1) is 6.92 Å². The monoisotopic (exact) mass is 360 g/mol. The number of hydrogen-bond acceptors (Lipinski definition) is 5. The Labute approximate surface area is 144 Å². The van der Waals surface area contributed by atoms with Crippen molar-refractivity contribution in [3.63, 3.8) is 0 Å². The van der Waals surface area contributed by atoms with Gasteiger partial charge in [0, 0.05) is 17.5 Å². The number of thiophene rings is 1. The largest absolute Gasteiger partial charge is 0.355 e. The Kier molecular flexibility index (Phi) is 3.69. The van der Waals surface area contributed by atoms with Crippen molar-refractivity contribution in [2.45, 2.75) is 24.7 Å². The fourth-order valence-corrected chi connectivity index (χ4v) is 6.11. The minimum Gasteiger partial charge on any atom is -0.355 e. The third-order valence-electron chi connectivity index (χ3n) is 4.19. The molecule has 0 fully saturated rings. The van der Waals surface area contributed by atoms with Gasteiger partial charge < -0.3 is 4.52 Å². The SMILES string of the molecule is Cc1sc(-c2ccno2)cc1S(=O)(=O)N1CCCc2ccccc21. The lowest BCUT2D eigenvalue weighted by atomic mass is 10.0. The van der Waals surface area contributed by atoms with Gasteiger partial charge in [-0.3, -0.25) is 4.31 Å². The summed E-state index contributed by atoms with van der Waals surface area (Å²) >= 11 is 1.40. The Hall–Kier alpha value is -2.12. The van der Waals surface area contributed by atoms with E-state index in [-0.39, 0.29) is 0 Å². The third-order valence-corrected chi connectivity index (χ3v) is 7.32. The number of rotatable bonds is 3. The first kappa shape index (κ1) is 15.4. The van der Waals surface area contributed by atoms with Crippen LogP contribution in [0.25, 0.3) is 10.6 Å². The van der Waals surface area contributed by atoms with Crippen LogP contribution in [0.4, 0.5) is 5.69 Å². The number of sulfonamides is 1. The highest BCUT2D eigenvalue weighted by Crippen LogP contribution is 2.38. The van der Waals surface area contributed by atoms with E-state index < -0.39 is 10.0 Å². The second-order valence-corrected chi connectivity index (χ2v) is 8.80. The Morgan fingerprint density at radius 2 is 2.08 bits per heavy atom. The molecule has 0 amide bonds. The molecule has 1 aliphatic heterocycles. The third kappa shape index (κ3) is 2.44. The Morgan fingerprint density at radius 1 is 1.25 bits per heavy atom. The molecule has 24 heavy (non-hydrogen) atoms. The first-order chi connectivity index (χ1) is 11.6. The zero-order chi connectivity index (χ0) is 16.7. The molecule has 0 N–H and O–H groups in total. The maximum Gasteiger partial charge on any atom is 0.265 e. The quantitative estimate of drug-likeness (QED) is 0.712. The Morgan fingerprint density at radius 3 is 2.88 bits per heavy atom. The van der Waals surface area contributed by atoms with E-state index in [9.17, 15) is 8.42 Å². The van der Waals surface area contributed by atoms with Gasteiger partial charge in [0.25, 0.3) is 10.0 Å². The minimum absolute atomic E-state index is 0.343. The van der Waals surface area contributed by atoms with Crippen LogP contribution in [0.15, 0.2) is 52.0 Å². The zero-order valence-corrected chi connectivity index (χ0v) is 14.7. The molecule has 0 radical (unpaired) electrons. The number of fused-ring (bicyclic) bond motifs is 1. The summed E-state index contributed by atoms with van der Waals surface area (Å²) < 4.78 is 33.2. The van der Waals surface area contributed by atoms with Gasteiger partial charge in [0.15, 0.2) is 5.76 Å². The number of para-hydroxylation sites is 1. The molecule has 0 spiro atoms. The number of nitrogens with zero attached hydrogens (tertiary/aromatic N) is 2. The second kappa shape index (κ2) is 5.75. The summed E-state index contributed by atoms with van der Waals surface area (Å²) in [5.41, 5.74) is 1.87. The highest BCUT2D eigenvalue weighted by molar-refractivity contribution is 7.93. The second-order valence-electron chi connectivity index (χ2n) is 5.72. The fourth-order valence-electron chi connectivity index (χ4n) is 3.05. The fraction of sp³-hybridized carbons (Fsp3) is 0.235. The summed E-state index contributed by atoms with van der Waals surface area (Å²) in [6.45, 7) is 2.33. The zero-order valence-electron chi connectivity index (χ0n) is 13.1. The van der Waals surface area contributed by atoms with E-state index in [0.717, 1.165) is 33.8 Å². The lowest BCUT2D eigenvalue weighted by Crippen LogP contribution is -2.35. The molecule has 7 heteroatoms. The number of anilines is 1. The number of hydrogen-bond donors (Lipinski definition) is 0. The van der Waals surface area contributed by atoms with Gasteiger partial charge in [-0.2, -0.15) is 0 Å². The van der Waals surface area contributed by atoms with Crippen molar-refractivity contribution < 1.29 is 12.9 Å². The van der Waals surface area contributed by atoms with E-state index in [1.165, 1.54) is 15.6 Å². The van der Waals surface area contributed by atoms with Gasteiger partial charge in [0.05, 0.1) is 16.8 Å². The van der Waals surface area contributed by atoms with Gasteiger partial charge in [-0.15, -0.1) is 11.3 Å². The highest BCUT2D eigenvalue weighted by atomic mass is 32.2. The topological polar surface area (TPSA) is 63.4 Å². The number of aryl methyl sites for hydroxylation is 2. The summed E-state index contributed by atoms with van der Waals surface area (Å²) in [5.74, 6) is 0.587. The van der Waals surface area contributed by atoms with Crippen LogP contribution in [-0.4, -0.2) is 20.1 Å². The van der Waals surface area contributed by atoms with Crippen molar-refractivity contribution >= 4 is 27.0 Å². The summed E-state index contributed by atoms with van der Waals surface area (Å²) in [5, 5.41) is 3.69. The lowest BCUT2D eigenvalue weighted by Gasteiger charge is -2.30.